The summed E-state index contributed by atoms with van der Waals surface area (Å²) in [6.07, 6.45) is 2.11. The zero-order chi connectivity index (χ0) is 22.6. The summed E-state index contributed by atoms with van der Waals surface area (Å²) in [6, 6.07) is 17.5. The molecular weight excluding hydrogens is 438 g/mol. The average Bonchev–Trinajstić information content (AvgIpc) is 3.53. The van der Waals surface area contributed by atoms with Crippen molar-refractivity contribution in [3.63, 3.8) is 0 Å². The van der Waals surface area contributed by atoms with Gasteiger partial charge in [-0.15, -0.1) is 10.2 Å². The highest BCUT2D eigenvalue weighted by atomic mass is 32.2. The molecule has 3 aromatic rings. The maximum absolute atomic E-state index is 13.3. The molecule has 8 nitrogen and oxygen atoms in total. The van der Waals surface area contributed by atoms with E-state index in [4.69, 9.17) is 9.47 Å². The van der Waals surface area contributed by atoms with Gasteiger partial charge in [-0.25, -0.2) is 4.68 Å². The average molecular weight is 466 g/mol. The third kappa shape index (κ3) is 4.69. The van der Waals surface area contributed by atoms with E-state index < -0.39 is 5.25 Å². The van der Waals surface area contributed by atoms with E-state index in [-0.39, 0.29) is 18.1 Å². The number of fused-ring (bicyclic) bond motifs is 1. The first-order chi connectivity index (χ1) is 16.2. The Bertz CT molecular complexity index is 1080. The number of ether oxygens (including phenoxy) is 2. The van der Waals surface area contributed by atoms with E-state index in [1.54, 1.807) is 0 Å². The van der Waals surface area contributed by atoms with E-state index in [9.17, 15) is 4.79 Å². The van der Waals surface area contributed by atoms with Gasteiger partial charge in [0.05, 0.1) is 18.8 Å². The lowest BCUT2D eigenvalue weighted by atomic mass is 10.0. The molecule has 0 saturated carbocycles. The van der Waals surface area contributed by atoms with E-state index in [1.165, 1.54) is 11.8 Å². The lowest BCUT2D eigenvalue weighted by molar-refractivity contribution is -0.121. The summed E-state index contributed by atoms with van der Waals surface area (Å²) in [5, 5.41) is 12.1. The third-order valence-electron chi connectivity index (χ3n) is 5.81. The standard InChI is InChI=1S/C24H27N5O3S/c1-2-31-18-12-10-16(11-13-18)20-21(23(30)25-15-19-9-6-14-32-19)33-24-27-26-22(29(24)28-20)17-7-4-3-5-8-17/h3-5,7-8,10-13,19-21,28H,2,6,9,14-15H2,1H3,(H,25,30)/t19-,20-,21-/m0/s1. The predicted molar refractivity (Wildman–Crippen MR) is 127 cm³/mol. The maximum atomic E-state index is 13.3. The minimum atomic E-state index is -0.412. The lowest BCUT2D eigenvalue weighted by Gasteiger charge is -2.33. The van der Waals surface area contributed by atoms with Crippen molar-refractivity contribution in [1.82, 2.24) is 20.2 Å². The minimum absolute atomic E-state index is 0.0441. The van der Waals surface area contributed by atoms with Crippen LogP contribution in [-0.2, 0) is 9.53 Å². The number of nitrogens with one attached hydrogen (secondary N) is 2. The highest BCUT2D eigenvalue weighted by Crippen LogP contribution is 2.39. The summed E-state index contributed by atoms with van der Waals surface area (Å²) in [5.74, 6) is 1.48. The smallest absolute Gasteiger partial charge is 0.236 e. The van der Waals surface area contributed by atoms with Crippen LogP contribution in [0.25, 0.3) is 11.4 Å². The van der Waals surface area contributed by atoms with Crippen molar-refractivity contribution in [3.8, 4) is 17.1 Å². The molecule has 5 rings (SSSR count). The van der Waals surface area contributed by atoms with Gasteiger partial charge in [-0.05, 0) is 37.5 Å². The van der Waals surface area contributed by atoms with E-state index in [0.717, 1.165) is 36.3 Å². The van der Waals surface area contributed by atoms with Crippen molar-refractivity contribution in [2.75, 3.05) is 25.2 Å². The summed E-state index contributed by atoms with van der Waals surface area (Å²) in [4.78, 5) is 13.3. The summed E-state index contributed by atoms with van der Waals surface area (Å²) in [6.45, 7) is 3.85. The summed E-state index contributed by atoms with van der Waals surface area (Å²) in [5.41, 5.74) is 5.45. The topological polar surface area (TPSA) is 90.3 Å². The second kappa shape index (κ2) is 9.84. The Kier molecular flexibility index (Phi) is 6.50. The molecule has 2 aliphatic rings. The third-order valence-corrected chi connectivity index (χ3v) is 7.02. The highest BCUT2D eigenvalue weighted by molar-refractivity contribution is 8.00. The Morgan fingerprint density at radius 2 is 2.03 bits per heavy atom. The molecule has 0 unspecified atom stereocenters. The molecule has 9 heteroatoms. The maximum Gasteiger partial charge on any atom is 0.236 e. The first kappa shape index (κ1) is 21.8. The fourth-order valence-electron chi connectivity index (χ4n) is 4.14. The Labute approximate surface area is 197 Å². The molecule has 1 saturated heterocycles. The lowest BCUT2D eigenvalue weighted by Crippen LogP contribution is -2.45. The number of hydrogen-bond acceptors (Lipinski definition) is 7. The van der Waals surface area contributed by atoms with E-state index in [2.05, 4.69) is 20.9 Å². The van der Waals surface area contributed by atoms with Crippen LogP contribution in [0.15, 0.2) is 59.8 Å². The Balaban J connectivity index is 1.43. The van der Waals surface area contributed by atoms with Gasteiger partial charge in [0.15, 0.2) is 5.82 Å². The SMILES string of the molecule is CCOc1ccc([C@@H]2Nn3c(nnc3-c3ccccc3)S[C@@H]2C(=O)NC[C@@H]2CCCO2)cc1. The molecule has 1 aromatic heterocycles. The van der Waals surface area contributed by atoms with Gasteiger partial charge in [-0.1, -0.05) is 54.2 Å². The van der Waals surface area contributed by atoms with Crippen molar-refractivity contribution in [1.29, 1.82) is 0 Å². The largest absolute Gasteiger partial charge is 0.494 e. The van der Waals surface area contributed by atoms with Crippen molar-refractivity contribution in [2.24, 2.45) is 0 Å². The van der Waals surface area contributed by atoms with E-state index in [0.29, 0.717) is 24.1 Å². The number of thioether (sulfide) groups is 1. The van der Waals surface area contributed by atoms with Gasteiger partial charge in [-0.2, -0.15) is 0 Å². The number of carbonyl (C=O) groups is 1. The molecule has 172 valence electrons. The Hall–Kier alpha value is -3.04. The van der Waals surface area contributed by atoms with Gasteiger partial charge in [0.2, 0.25) is 11.1 Å². The first-order valence-corrected chi connectivity index (χ1v) is 12.2. The van der Waals surface area contributed by atoms with Crippen LogP contribution in [0, 0.1) is 0 Å². The summed E-state index contributed by atoms with van der Waals surface area (Å²) in [7, 11) is 0. The van der Waals surface area contributed by atoms with Gasteiger partial charge < -0.3 is 20.2 Å². The number of carbonyl (C=O) groups excluding carboxylic acids is 1. The number of hydrogen-bond donors (Lipinski definition) is 2. The molecule has 0 radical (unpaired) electrons. The van der Waals surface area contributed by atoms with Crippen LogP contribution in [0.2, 0.25) is 0 Å². The second-order valence-corrected chi connectivity index (χ2v) is 9.14. The van der Waals surface area contributed by atoms with Crippen molar-refractivity contribution in [2.45, 2.75) is 42.3 Å². The Morgan fingerprint density at radius 1 is 1.21 bits per heavy atom. The monoisotopic (exact) mass is 465 g/mol. The van der Waals surface area contributed by atoms with Gasteiger partial charge in [0.1, 0.15) is 11.0 Å². The molecule has 3 heterocycles. The predicted octanol–water partition coefficient (Wildman–Crippen LogP) is 3.40. The van der Waals surface area contributed by atoms with Crippen molar-refractivity contribution < 1.29 is 14.3 Å². The molecule has 2 aliphatic heterocycles. The van der Waals surface area contributed by atoms with Gasteiger partial charge in [-0.3, -0.25) is 4.79 Å². The first-order valence-electron chi connectivity index (χ1n) is 11.3. The molecule has 33 heavy (non-hydrogen) atoms. The van der Waals surface area contributed by atoms with Crippen LogP contribution in [0.5, 0.6) is 5.75 Å². The highest BCUT2D eigenvalue weighted by Gasteiger charge is 2.38. The number of rotatable bonds is 7. The molecule has 2 N–H and O–H groups in total. The van der Waals surface area contributed by atoms with Gasteiger partial charge in [0.25, 0.3) is 0 Å². The van der Waals surface area contributed by atoms with Crippen LogP contribution < -0.4 is 15.5 Å². The Morgan fingerprint density at radius 3 is 2.76 bits per heavy atom. The van der Waals surface area contributed by atoms with Crippen LogP contribution in [0.3, 0.4) is 0 Å². The molecule has 1 amide bonds. The molecule has 0 bridgehead atoms. The molecule has 1 fully saturated rings. The van der Waals surface area contributed by atoms with E-state index >= 15 is 0 Å². The fraction of sp³-hybridized carbons (Fsp3) is 0.375. The minimum Gasteiger partial charge on any atom is -0.494 e. The van der Waals surface area contributed by atoms with Crippen molar-refractivity contribution >= 4 is 17.7 Å². The fourth-order valence-corrected chi connectivity index (χ4v) is 5.24. The molecule has 0 spiro atoms. The summed E-state index contributed by atoms with van der Waals surface area (Å²) >= 11 is 1.42. The zero-order valence-corrected chi connectivity index (χ0v) is 19.3. The molecule has 0 aliphatic carbocycles. The summed E-state index contributed by atoms with van der Waals surface area (Å²) < 4.78 is 13.1. The number of aromatic nitrogens is 3. The van der Waals surface area contributed by atoms with Crippen LogP contribution >= 0.6 is 11.8 Å². The molecular formula is C24H27N5O3S. The number of amides is 1. The van der Waals surface area contributed by atoms with Gasteiger partial charge in [0, 0.05) is 18.7 Å². The zero-order valence-electron chi connectivity index (χ0n) is 18.4. The van der Waals surface area contributed by atoms with Crippen LogP contribution in [0.4, 0.5) is 0 Å². The van der Waals surface area contributed by atoms with Crippen LogP contribution in [-0.4, -0.2) is 51.9 Å². The number of nitrogens with zero attached hydrogens (tertiary/aromatic N) is 3. The van der Waals surface area contributed by atoms with Crippen LogP contribution in [0.1, 0.15) is 31.4 Å². The number of benzene rings is 2. The quantitative estimate of drug-likeness (QED) is 0.553. The second-order valence-electron chi connectivity index (χ2n) is 8.04. The molecule has 2 aromatic carbocycles. The van der Waals surface area contributed by atoms with Crippen molar-refractivity contribution in [3.05, 3.63) is 60.2 Å². The normalized spacial score (nSPS) is 21.8. The van der Waals surface area contributed by atoms with Gasteiger partial charge >= 0.3 is 0 Å². The van der Waals surface area contributed by atoms with E-state index in [1.807, 2.05) is 66.2 Å². The molecule has 3 atom stereocenters.